The Balaban J connectivity index is 1.36. The van der Waals surface area contributed by atoms with Crippen LogP contribution in [-0.2, 0) is 4.79 Å². The fourth-order valence-electron chi connectivity index (χ4n) is 4.96. The smallest absolute Gasteiger partial charge is 0.254 e. The first-order chi connectivity index (χ1) is 15.0. The first kappa shape index (κ1) is 21.9. The van der Waals surface area contributed by atoms with Gasteiger partial charge in [0.1, 0.15) is 0 Å². The highest BCUT2D eigenvalue weighted by Gasteiger charge is 2.37. The van der Waals surface area contributed by atoms with Crippen LogP contribution in [0.15, 0.2) is 18.2 Å². The van der Waals surface area contributed by atoms with E-state index < -0.39 is 0 Å². The quantitative estimate of drug-likeness (QED) is 0.722. The third-order valence-corrected chi connectivity index (χ3v) is 6.75. The molecule has 1 saturated carbocycles. The molecule has 1 atom stereocenters. The number of benzene rings is 1. The van der Waals surface area contributed by atoms with E-state index in [1.54, 1.807) is 18.2 Å². The molecule has 7 nitrogen and oxygen atoms in total. The first-order valence-corrected chi connectivity index (χ1v) is 11.7. The maximum Gasteiger partial charge on any atom is 0.254 e. The van der Waals surface area contributed by atoms with Gasteiger partial charge in [-0.2, -0.15) is 0 Å². The van der Waals surface area contributed by atoms with E-state index in [0.29, 0.717) is 42.0 Å². The Morgan fingerprint density at radius 3 is 2.48 bits per heavy atom. The van der Waals surface area contributed by atoms with Crippen molar-refractivity contribution in [3.05, 3.63) is 23.8 Å². The van der Waals surface area contributed by atoms with Gasteiger partial charge in [-0.15, -0.1) is 0 Å². The van der Waals surface area contributed by atoms with E-state index in [9.17, 15) is 9.59 Å². The average molecular weight is 430 g/mol. The minimum atomic E-state index is -0.0718. The van der Waals surface area contributed by atoms with Crippen molar-refractivity contribution < 1.29 is 19.1 Å². The lowest BCUT2D eigenvalue weighted by Crippen LogP contribution is -2.58. The van der Waals surface area contributed by atoms with Crippen molar-refractivity contribution in [2.45, 2.75) is 52.0 Å². The number of piperazine rings is 1. The van der Waals surface area contributed by atoms with Gasteiger partial charge in [0.25, 0.3) is 5.91 Å². The minimum absolute atomic E-state index is 0.0109. The van der Waals surface area contributed by atoms with E-state index in [4.69, 9.17) is 9.47 Å². The molecule has 1 aromatic carbocycles. The Labute approximate surface area is 185 Å². The van der Waals surface area contributed by atoms with Crippen LogP contribution in [0.25, 0.3) is 0 Å². The number of fused-ring (bicyclic) bond motifs is 1. The number of ether oxygens (including phenoxy) is 2. The molecule has 2 fully saturated rings. The summed E-state index contributed by atoms with van der Waals surface area (Å²) in [4.78, 5) is 30.3. The summed E-state index contributed by atoms with van der Waals surface area (Å²) in [5, 5.41) is 3.19. The fraction of sp³-hybridized carbons (Fsp3) is 0.667. The summed E-state index contributed by atoms with van der Waals surface area (Å²) in [6.07, 6.45) is 5.67. The molecule has 1 saturated heterocycles. The molecule has 1 aromatic rings. The molecule has 2 aliphatic heterocycles. The van der Waals surface area contributed by atoms with Gasteiger partial charge in [-0.3, -0.25) is 14.5 Å². The van der Waals surface area contributed by atoms with E-state index >= 15 is 0 Å². The van der Waals surface area contributed by atoms with Crippen LogP contribution in [0.4, 0.5) is 0 Å². The predicted octanol–water partition coefficient (Wildman–Crippen LogP) is 2.89. The van der Waals surface area contributed by atoms with Gasteiger partial charge >= 0.3 is 0 Å². The molecule has 170 valence electrons. The Bertz CT molecular complexity index is 783. The molecule has 0 unspecified atom stereocenters. The lowest BCUT2D eigenvalue weighted by Gasteiger charge is -2.40. The molecule has 4 rings (SSSR count). The molecule has 0 spiro atoms. The van der Waals surface area contributed by atoms with Crippen LogP contribution in [0.1, 0.15) is 56.3 Å². The van der Waals surface area contributed by atoms with Crippen molar-refractivity contribution in [1.29, 1.82) is 0 Å². The zero-order valence-electron chi connectivity index (χ0n) is 18.8. The third-order valence-electron chi connectivity index (χ3n) is 6.75. The Kier molecular flexibility index (Phi) is 7.00. The standard InChI is InChI=1S/C24H35N3O4/c1-17(2)9-10-25-23(28)22(18-5-3-4-6-18)26-11-13-27(14-12-26)24(29)19-7-8-20-21(15-19)31-16-30-20/h7-8,15,17-18,22H,3-6,9-14,16H2,1-2H3,(H,25,28)/t22-/m1/s1. The summed E-state index contributed by atoms with van der Waals surface area (Å²) in [5.74, 6) is 2.50. The van der Waals surface area contributed by atoms with Gasteiger partial charge in [-0.1, -0.05) is 26.7 Å². The second kappa shape index (κ2) is 9.90. The highest BCUT2D eigenvalue weighted by atomic mass is 16.7. The monoisotopic (exact) mass is 429 g/mol. The van der Waals surface area contributed by atoms with E-state index in [1.165, 1.54) is 12.8 Å². The van der Waals surface area contributed by atoms with Crippen molar-refractivity contribution in [3.8, 4) is 11.5 Å². The van der Waals surface area contributed by atoms with E-state index in [-0.39, 0.29) is 24.6 Å². The summed E-state index contributed by atoms with van der Waals surface area (Å²) >= 11 is 0. The molecule has 1 aliphatic carbocycles. The van der Waals surface area contributed by atoms with Gasteiger partial charge in [0.05, 0.1) is 6.04 Å². The fourth-order valence-corrected chi connectivity index (χ4v) is 4.96. The molecule has 7 heteroatoms. The zero-order valence-corrected chi connectivity index (χ0v) is 18.8. The Morgan fingerprint density at radius 2 is 1.77 bits per heavy atom. The highest BCUT2D eigenvalue weighted by molar-refractivity contribution is 5.95. The molecular weight excluding hydrogens is 394 g/mol. The Morgan fingerprint density at radius 1 is 1.06 bits per heavy atom. The summed E-state index contributed by atoms with van der Waals surface area (Å²) < 4.78 is 10.7. The van der Waals surface area contributed by atoms with Crippen LogP contribution < -0.4 is 14.8 Å². The van der Waals surface area contributed by atoms with Crippen LogP contribution in [0.2, 0.25) is 0 Å². The number of carbonyl (C=O) groups excluding carboxylic acids is 2. The molecule has 3 aliphatic rings. The van der Waals surface area contributed by atoms with Crippen molar-refractivity contribution in [1.82, 2.24) is 15.1 Å². The molecule has 1 N–H and O–H groups in total. The number of rotatable bonds is 7. The number of amides is 2. The molecule has 0 radical (unpaired) electrons. The van der Waals surface area contributed by atoms with Crippen LogP contribution >= 0.6 is 0 Å². The average Bonchev–Trinajstić information content (AvgIpc) is 3.45. The van der Waals surface area contributed by atoms with E-state index in [0.717, 1.165) is 38.9 Å². The van der Waals surface area contributed by atoms with Gasteiger partial charge in [0.15, 0.2) is 11.5 Å². The summed E-state index contributed by atoms with van der Waals surface area (Å²) in [5.41, 5.74) is 0.622. The van der Waals surface area contributed by atoms with Crippen LogP contribution in [0, 0.1) is 11.8 Å². The predicted molar refractivity (Wildman–Crippen MR) is 118 cm³/mol. The first-order valence-electron chi connectivity index (χ1n) is 11.7. The lowest BCUT2D eigenvalue weighted by atomic mass is 9.94. The van der Waals surface area contributed by atoms with Crippen molar-refractivity contribution >= 4 is 11.8 Å². The van der Waals surface area contributed by atoms with Crippen molar-refractivity contribution in [2.24, 2.45) is 11.8 Å². The lowest BCUT2D eigenvalue weighted by molar-refractivity contribution is -0.129. The van der Waals surface area contributed by atoms with Crippen molar-refractivity contribution in [3.63, 3.8) is 0 Å². The van der Waals surface area contributed by atoms with Crippen LogP contribution in [0.3, 0.4) is 0 Å². The zero-order chi connectivity index (χ0) is 21.8. The Hall–Kier alpha value is -2.28. The number of hydrogen-bond acceptors (Lipinski definition) is 5. The third kappa shape index (κ3) is 5.14. The SMILES string of the molecule is CC(C)CCNC(=O)[C@@H](C1CCCC1)N1CCN(C(=O)c2ccc3c(c2)OCO3)CC1. The number of nitrogens with one attached hydrogen (secondary N) is 1. The number of carbonyl (C=O) groups is 2. The second-order valence-electron chi connectivity index (χ2n) is 9.36. The molecule has 2 heterocycles. The largest absolute Gasteiger partial charge is 0.454 e. The van der Waals surface area contributed by atoms with Gasteiger partial charge in [0.2, 0.25) is 12.7 Å². The van der Waals surface area contributed by atoms with Gasteiger partial charge in [-0.25, -0.2) is 0 Å². The molecule has 0 bridgehead atoms. The molecule has 2 amide bonds. The normalized spacial score (nSPS) is 20.3. The molecular formula is C24H35N3O4. The highest BCUT2D eigenvalue weighted by Crippen LogP contribution is 2.33. The van der Waals surface area contributed by atoms with Gasteiger partial charge in [-0.05, 0) is 49.3 Å². The van der Waals surface area contributed by atoms with Gasteiger partial charge in [0, 0.05) is 38.3 Å². The second-order valence-corrected chi connectivity index (χ2v) is 9.36. The maximum atomic E-state index is 13.1. The van der Waals surface area contributed by atoms with Crippen LogP contribution in [0.5, 0.6) is 11.5 Å². The van der Waals surface area contributed by atoms with Crippen molar-refractivity contribution in [2.75, 3.05) is 39.5 Å². The summed E-state index contributed by atoms with van der Waals surface area (Å²) in [6.45, 7) is 8.03. The molecule has 0 aromatic heterocycles. The summed E-state index contributed by atoms with van der Waals surface area (Å²) in [7, 11) is 0. The van der Waals surface area contributed by atoms with E-state index in [2.05, 4.69) is 24.1 Å². The topological polar surface area (TPSA) is 71.1 Å². The van der Waals surface area contributed by atoms with Gasteiger partial charge < -0.3 is 19.7 Å². The number of nitrogens with zero attached hydrogens (tertiary/aromatic N) is 2. The minimum Gasteiger partial charge on any atom is -0.454 e. The van der Waals surface area contributed by atoms with Crippen LogP contribution in [-0.4, -0.2) is 67.2 Å². The van der Waals surface area contributed by atoms with E-state index in [1.807, 2.05) is 4.90 Å². The molecule has 31 heavy (non-hydrogen) atoms. The summed E-state index contributed by atoms with van der Waals surface area (Å²) in [6, 6.07) is 5.29. The number of hydrogen-bond donors (Lipinski definition) is 1. The maximum absolute atomic E-state index is 13.1.